The van der Waals surface area contributed by atoms with E-state index < -0.39 is 30.1 Å². The molecule has 0 heterocycles. The summed E-state index contributed by atoms with van der Waals surface area (Å²) >= 11 is 0. The van der Waals surface area contributed by atoms with Crippen molar-refractivity contribution in [2.45, 2.75) is 38.5 Å². The maximum absolute atomic E-state index is 11.2. The average Bonchev–Trinajstić information content (AvgIpc) is 2.11. The van der Waals surface area contributed by atoms with Gasteiger partial charge in [0, 0.05) is 0 Å². The summed E-state index contributed by atoms with van der Waals surface area (Å²) in [5.41, 5.74) is 5.38. The highest BCUT2D eigenvalue weighted by molar-refractivity contribution is 5.87. The van der Waals surface area contributed by atoms with Gasteiger partial charge in [0.25, 0.3) is 0 Å². The molecule has 1 unspecified atom stereocenters. The van der Waals surface area contributed by atoms with Crippen molar-refractivity contribution in [1.29, 1.82) is 0 Å². The predicted octanol–water partition coefficient (Wildman–Crippen LogP) is -1.33. The number of hydrogen-bond acceptors (Lipinski definition) is 4. The predicted molar refractivity (Wildman–Crippen MR) is 49.5 cm³/mol. The zero-order valence-electron chi connectivity index (χ0n) is 8.23. The van der Waals surface area contributed by atoms with E-state index in [9.17, 15) is 9.59 Å². The Morgan fingerprint density at radius 1 is 1.50 bits per heavy atom. The molecule has 6 heteroatoms. The van der Waals surface area contributed by atoms with Gasteiger partial charge in [-0.2, -0.15) is 0 Å². The van der Waals surface area contributed by atoms with Crippen LogP contribution >= 0.6 is 0 Å². The lowest BCUT2D eigenvalue weighted by atomic mass is 10.1. The molecule has 1 amide bonds. The molecule has 3 atom stereocenters. The van der Waals surface area contributed by atoms with Gasteiger partial charge in [0.2, 0.25) is 5.91 Å². The smallest absolute Gasteiger partial charge is 0.328 e. The largest absolute Gasteiger partial charge is 0.480 e. The van der Waals surface area contributed by atoms with Crippen LogP contribution in [0.4, 0.5) is 0 Å². The van der Waals surface area contributed by atoms with Crippen molar-refractivity contribution >= 4 is 11.9 Å². The van der Waals surface area contributed by atoms with Gasteiger partial charge in [0.15, 0.2) is 6.04 Å². The normalized spacial score (nSPS) is 16.9. The third-order valence-corrected chi connectivity index (χ3v) is 1.82. The topological polar surface area (TPSA) is 113 Å². The molecule has 0 aromatic rings. The third-order valence-electron chi connectivity index (χ3n) is 1.82. The Morgan fingerprint density at radius 3 is 2.29 bits per heavy atom. The molecule has 0 fully saturated rings. The van der Waals surface area contributed by atoms with E-state index in [4.69, 9.17) is 15.9 Å². The summed E-state index contributed by atoms with van der Waals surface area (Å²) in [5.74, 6) is -1.85. The molecule has 82 valence electrons. The first-order chi connectivity index (χ1) is 6.40. The van der Waals surface area contributed by atoms with E-state index in [0.29, 0.717) is 6.42 Å². The fourth-order valence-electron chi connectivity index (χ4n) is 0.834. The quantitative estimate of drug-likeness (QED) is 0.443. The van der Waals surface area contributed by atoms with Crippen molar-refractivity contribution in [2.24, 2.45) is 5.73 Å². The number of aliphatic hydroxyl groups is 1. The number of aliphatic hydroxyl groups excluding tert-OH is 1. The Bertz CT molecular complexity index is 217. The Labute approximate surface area is 82.1 Å². The van der Waals surface area contributed by atoms with Crippen molar-refractivity contribution in [3.8, 4) is 0 Å². The lowest BCUT2D eigenvalue weighted by Crippen LogP contribution is -2.52. The number of amides is 1. The third kappa shape index (κ3) is 3.71. The number of nitrogens with two attached hydrogens (primary N) is 1. The fraction of sp³-hybridized carbons (Fsp3) is 0.750. The number of nitrogens with one attached hydrogen (secondary N) is 1. The zero-order chi connectivity index (χ0) is 11.3. The number of rotatable bonds is 5. The molecule has 0 aromatic heterocycles. The minimum Gasteiger partial charge on any atom is -0.480 e. The minimum atomic E-state index is -1.31. The van der Waals surface area contributed by atoms with Crippen LogP contribution in [0.25, 0.3) is 0 Å². The van der Waals surface area contributed by atoms with Gasteiger partial charge in [-0.05, 0) is 13.3 Å². The summed E-state index contributed by atoms with van der Waals surface area (Å²) in [6, 6.07) is -2.05. The van der Waals surface area contributed by atoms with Gasteiger partial charge in [0.1, 0.15) is 0 Å². The van der Waals surface area contributed by atoms with Gasteiger partial charge in [0.05, 0.1) is 12.1 Å². The lowest BCUT2D eigenvalue weighted by Gasteiger charge is -2.18. The van der Waals surface area contributed by atoms with E-state index in [0.717, 1.165) is 0 Å². The minimum absolute atomic E-state index is 0.415. The molecule has 0 spiro atoms. The summed E-state index contributed by atoms with van der Waals surface area (Å²) in [6.45, 7) is 3.00. The number of carbonyl (C=O) groups is 2. The molecule has 0 aromatic carbocycles. The maximum atomic E-state index is 11.2. The zero-order valence-corrected chi connectivity index (χ0v) is 8.23. The van der Waals surface area contributed by atoms with Gasteiger partial charge in [-0.3, -0.25) is 4.79 Å². The van der Waals surface area contributed by atoms with Crippen LogP contribution in [0.15, 0.2) is 0 Å². The van der Waals surface area contributed by atoms with Crippen molar-refractivity contribution in [3.63, 3.8) is 0 Å². The van der Waals surface area contributed by atoms with Crippen LogP contribution in [0.3, 0.4) is 0 Å². The Balaban J connectivity index is 4.31. The van der Waals surface area contributed by atoms with Crippen molar-refractivity contribution < 1.29 is 19.8 Å². The molecule has 0 aliphatic carbocycles. The number of carboxylic acid groups (broad SMARTS) is 1. The van der Waals surface area contributed by atoms with E-state index in [1.807, 2.05) is 0 Å². The Morgan fingerprint density at radius 2 is 2.00 bits per heavy atom. The van der Waals surface area contributed by atoms with E-state index in [2.05, 4.69) is 5.32 Å². The monoisotopic (exact) mass is 204 g/mol. The van der Waals surface area contributed by atoms with Crippen LogP contribution in [-0.2, 0) is 9.59 Å². The maximum Gasteiger partial charge on any atom is 0.328 e. The first-order valence-corrected chi connectivity index (χ1v) is 4.37. The van der Waals surface area contributed by atoms with Gasteiger partial charge < -0.3 is 21.3 Å². The first kappa shape index (κ1) is 12.9. The number of hydrogen-bond donors (Lipinski definition) is 4. The number of carboxylic acids is 1. The van der Waals surface area contributed by atoms with Gasteiger partial charge in [-0.1, -0.05) is 6.92 Å². The molecule has 14 heavy (non-hydrogen) atoms. The second-order valence-electron chi connectivity index (χ2n) is 3.08. The van der Waals surface area contributed by atoms with E-state index in [1.165, 1.54) is 6.92 Å². The van der Waals surface area contributed by atoms with Crippen LogP contribution in [0.2, 0.25) is 0 Å². The van der Waals surface area contributed by atoms with Crippen molar-refractivity contribution in [1.82, 2.24) is 5.32 Å². The highest BCUT2D eigenvalue weighted by atomic mass is 16.4. The lowest BCUT2D eigenvalue weighted by molar-refractivity contribution is -0.145. The Hall–Kier alpha value is -1.14. The standard InChI is InChI=1S/C8H16N2O4/c1-3-5(9)7(12)10-6(4(2)11)8(13)14/h4-6,11H,3,9H2,1-2H3,(H,10,12)(H,13,14)/t4-,5?,6+/m1/s1. The van der Waals surface area contributed by atoms with Crippen LogP contribution < -0.4 is 11.1 Å². The highest BCUT2D eigenvalue weighted by Gasteiger charge is 2.26. The second-order valence-corrected chi connectivity index (χ2v) is 3.08. The number of carbonyl (C=O) groups excluding carboxylic acids is 1. The molecule has 5 N–H and O–H groups in total. The SMILES string of the molecule is CCC(N)C(=O)N[C@H](C(=O)O)[C@@H](C)O. The van der Waals surface area contributed by atoms with E-state index in [1.54, 1.807) is 6.92 Å². The summed E-state index contributed by atoms with van der Waals surface area (Å²) in [7, 11) is 0. The molecule has 0 rings (SSSR count). The molecular formula is C8H16N2O4. The molecule has 0 aliphatic heterocycles. The number of aliphatic carboxylic acids is 1. The van der Waals surface area contributed by atoms with Crippen LogP contribution in [0.1, 0.15) is 20.3 Å². The molecular weight excluding hydrogens is 188 g/mol. The van der Waals surface area contributed by atoms with Gasteiger partial charge >= 0.3 is 5.97 Å². The van der Waals surface area contributed by atoms with E-state index in [-0.39, 0.29) is 0 Å². The summed E-state index contributed by atoms with van der Waals surface area (Å²) in [4.78, 5) is 21.8. The molecule has 6 nitrogen and oxygen atoms in total. The summed E-state index contributed by atoms with van der Waals surface area (Å²) in [5, 5.41) is 19.8. The molecule has 0 bridgehead atoms. The van der Waals surface area contributed by atoms with Crippen LogP contribution in [-0.4, -0.2) is 40.3 Å². The van der Waals surface area contributed by atoms with Crippen molar-refractivity contribution in [2.75, 3.05) is 0 Å². The highest BCUT2D eigenvalue weighted by Crippen LogP contribution is 1.95. The first-order valence-electron chi connectivity index (χ1n) is 4.37. The molecule has 0 aliphatic rings. The van der Waals surface area contributed by atoms with Gasteiger partial charge in [-0.15, -0.1) is 0 Å². The Kier molecular flexibility index (Phi) is 5.11. The summed E-state index contributed by atoms with van der Waals surface area (Å²) < 4.78 is 0. The molecule has 0 saturated carbocycles. The molecule has 0 radical (unpaired) electrons. The van der Waals surface area contributed by atoms with Gasteiger partial charge in [-0.25, -0.2) is 4.79 Å². The summed E-state index contributed by atoms with van der Waals surface area (Å²) in [6.07, 6.45) is -0.738. The van der Waals surface area contributed by atoms with Crippen LogP contribution in [0.5, 0.6) is 0 Å². The van der Waals surface area contributed by atoms with E-state index >= 15 is 0 Å². The molecule has 0 saturated heterocycles. The van der Waals surface area contributed by atoms with Crippen molar-refractivity contribution in [3.05, 3.63) is 0 Å². The van der Waals surface area contributed by atoms with Crippen LogP contribution in [0, 0.1) is 0 Å². The average molecular weight is 204 g/mol. The second kappa shape index (κ2) is 5.56. The fourth-order valence-corrected chi connectivity index (χ4v) is 0.834.